The summed E-state index contributed by atoms with van der Waals surface area (Å²) in [6, 6.07) is 0. The maximum atomic E-state index is 9.18. The average Bonchev–Trinajstić information content (AvgIpc) is 2.43. The van der Waals surface area contributed by atoms with E-state index in [9.17, 15) is 5.11 Å². The van der Waals surface area contributed by atoms with E-state index in [-0.39, 0.29) is 12.0 Å². The molecule has 0 saturated carbocycles. The molecule has 0 saturated heterocycles. The largest absolute Gasteiger partial charge is 0.393 e. The molecule has 0 rings (SSSR count). The zero-order chi connectivity index (χ0) is 16.7. The highest BCUT2D eigenvalue weighted by atomic mass is 16.3. The smallest absolute Gasteiger partial charge is 0.0577 e. The molecule has 0 aliphatic carbocycles. The van der Waals surface area contributed by atoms with Crippen molar-refractivity contribution in [2.24, 2.45) is 5.92 Å². The molecule has 0 aromatic rings. The van der Waals surface area contributed by atoms with Crippen LogP contribution in [0.1, 0.15) is 40.0 Å². The molecule has 0 heterocycles. The molecule has 0 aromatic carbocycles. The second kappa shape index (κ2) is 14.8. The molecule has 0 aliphatic rings. The summed E-state index contributed by atoms with van der Waals surface area (Å²) in [6.07, 6.45) is 14.0. The maximum absolute atomic E-state index is 9.18. The first-order valence-corrected chi connectivity index (χ1v) is 7.40. The Morgan fingerprint density at radius 3 is 2.19 bits per heavy atom. The summed E-state index contributed by atoms with van der Waals surface area (Å²) in [5, 5.41) is 9.18. The van der Waals surface area contributed by atoms with E-state index in [2.05, 4.69) is 46.2 Å². The van der Waals surface area contributed by atoms with Crippen molar-refractivity contribution in [3.05, 3.63) is 73.9 Å². The lowest BCUT2D eigenvalue weighted by molar-refractivity contribution is 0.150. The van der Waals surface area contributed by atoms with Gasteiger partial charge in [-0.1, -0.05) is 67.3 Å². The lowest BCUT2D eigenvalue weighted by Gasteiger charge is -2.12. The highest BCUT2D eigenvalue weighted by Crippen LogP contribution is 2.10. The fraction of sp³-hybridized carbons (Fsp3) is 0.400. The lowest BCUT2D eigenvalue weighted by atomic mass is 10.00. The third-order valence-electron chi connectivity index (χ3n) is 2.91. The van der Waals surface area contributed by atoms with E-state index in [0.717, 1.165) is 24.8 Å². The Morgan fingerprint density at radius 2 is 1.81 bits per heavy atom. The van der Waals surface area contributed by atoms with E-state index in [1.165, 1.54) is 5.57 Å². The standard InChI is InChI=1S/C10H16O.C10H16/c1-4-6-7-8-10(5-2)9(3)11;1-5-10(4)8-6-7-9(2)3/h4-7,9-11H,1-2,8H2,3H3;5,7H,1,4,6,8H2,2-3H3/b7-6+;. The summed E-state index contributed by atoms with van der Waals surface area (Å²) >= 11 is 0. The minimum Gasteiger partial charge on any atom is -0.393 e. The number of rotatable bonds is 9. The van der Waals surface area contributed by atoms with Gasteiger partial charge in [0.15, 0.2) is 0 Å². The van der Waals surface area contributed by atoms with Gasteiger partial charge in [-0.05, 0) is 40.0 Å². The Labute approximate surface area is 131 Å². The lowest BCUT2D eigenvalue weighted by Crippen LogP contribution is -2.12. The van der Waals surface area contributed by atoms with Crippen LogP contribution in [-0.2, 0) is 0 Å². The van der Waals surface area contributed by atoms with Crippen LogP contribution in [0.15, 0.2) is 73.9 Å². The number of hydrogen-bond donors (Lipinski definition) is 1. The molecule has 2 unspecified atom stereocenters. The predicted octanol–water partition coefficient (Wildman–Crippen LogP) is 5.78. The van der Waals surface area contributed by atoms with E-state index in [0.29, 0.717) is 0 Å². The predicted molar refractivity (Wildman–Crippen MR) is 97.3 cm³/mol. The van der Waals surface area contributed by atoms with Crippen LogP contribution in [0.5, 0.6) is 0 Å². The SMILES string of the molecule is C=C/C=C/CC(C=C)C(C)O.C=CC(=C)CCC=C(C)C. The summed E-state index contributed by atoms with van der Waals surface area (Å²) in [4.78, 5) is 0. The van der Waals surface area contributed by atoms with Crippen LogP contribution in [0.4, 0.5) is 0 Å². The summed E-state index contributed by atoms with van der Waals surface area (Å²) in [7, 11) is 0. The Balaban J connectivity index is 0. The van der Waals surface area contributed by atoms with Crippen LogP contribution in [-0.4, -0.2) is 11.2 Å². The molecule has 0 radical (unpaired) electrons. The third kappa shape index (κ3) is 16.3. The number of aliphatic hydroxyl groups excluding tert-OH is 1. The van der Waals surface area contributed by atoms with Crippen molar-refractivity contribution in [3.8, 4) is 0 Å². The first-order valence-electron chi connectivity index (χ1n) is 7.40. The van der Waals surface area contributed by atoms with Gasteiger partial charge in [0.25, 0.3) is 0 Å². The molecule has 1 N–H and O–H groups in total. The zero-order valence-electron chi connectivity index (χ0n) is 14.0. The van der Waals surface area contributed by atoms with E-state index < -0.39 is 0 Å². The minimum atomic E-state index is -0.318. The normalized spacial score (nSPS) is 12.6. The molecule has 0 bridgehead atoms. The third-order valence-corrected chi connectivity index (χ3v) is 2.91. The van der Waals surface area contributed by atoms with Crippen LogP contribution >= 0.6 is 0 Å². The molecule has 1 nitrogen and oxygen atoms in total. The summed E-state index contributed by atoms with van der Waals surface area (Å²) in [5.41, 5.74) is 2.49. The molecule has 0 fully saturated rings. The van der Waals surface area contributed by atoms with Gasteiger partial charge in [-0.15, -0.1) is 6.58 Å². The zero-order valence-corrected chi connectivity index (χ0v) is 14.0. The molecular formula is C20H32O. The van der Waals surface area contributed by atoms with Crippen LogP contribution in [0.25, 0.3) is 0 Å². The first-order chi connectivity index (χ1) is 9.88. The van der Waals surface area contributed by atoms with Crippen molar-refractivity contribution in [1.29, 1.82) is 0 Å². The number of allylic oxidation sites excluding steroid dienone is 7. The second-order valence-electron chi connectivity index (χ2n) is 5.22. The topological polar surface area (TPSA) is 20.2 Å². The van der Waals surface area contributed by atoms with Crippen LogP contribution < -0.4 is 0 Å². The fourth-order valence-electron chi connectivity index (χ4n) is 1.47. The van der Waals surface area contributed by atoms with E-state index in [4.69, 9.17) is 0 Å². The molecular weight excluding hydrogens is 256 g/mol. The van der Waals surface area contributed by atoms with Crippen molar-refractivity contribution in [2.75, 3.05) is 0 Å². The van der Waals surface area contributed by atoms with Gasteiger partial charge in [0, 0.05) is 5.92 Å². The number of hydrogen-bond acceptors (Lipinski definition) is 1. The van der Waals surface area contributed by atoms with Gasteiger partial charge < -0.3 is 5.11 Å². The van der Waals surface area contributed by atoms with Crippen LogP contribution in [0.3, 0.4) is 0 Å². The van der Waals surface area contributed by atoms with Crippen molar-refractivity contribution < 1.29 is 5.11 Å². The molecule has 0 amide bonds. The Kier molecular flexibility index (Phi) is 15.3. The van der Waals surface area contributed by atoms with Gasteiger partial charge in [-0.25, -0.2) is 0 Å². The molecule has 0 spiro atoms. The van der Waals surface area contributed by atoms with Gasteiger partial charge in [0.05, 0.1) is 6.10 Å². The maximum Gasteiger partial charge on any atom is 0.0577 e. The van der Waals surface area contributed by atoms with E-state index in [1.54, 1.807) is 19.1 Å². The first kappa shape index (κ1) is 21.7. The number of aliphatic hydroxyl groups is 1. The van der Waals surface area contributed by atoms with E-state index in [1.807, 2.05) is 18.2 Å². The van der Waals surface area contributed by atoms with Gasteiger partial charge in [-0.2, -0.15) is 0 Å². The average molecular weight is 288 g/mol. The fourth-order valence-corrected chi connectivity index (χ4v) is 1.47. The van der Waals surface area contributed by atoms with Crippen LogP contribution in [0.2, 0.25) is 0 Å². The van der Waals surface area contributed by atoms with Crippen LogP contribution in [0, 0.1) is 5.92 Å². The van der Waals surface area contributed by atoms with Gasteiger partial charge in [0.2, 0.25) is 0 Å². The Bertz CT molecular complexity index is 365. The van der Waals surface area contributed by atoms with Gasteiger partial charge in [0.1, 0.15) is 0 Å². The van der Waals surface area contributed by atoms with Crippen molar-refractivity contribution in [3.63, 3.8) is 0 Å². The van der Waals surface area contributed by atoms with E-state index >= 15 is 0 Å². The molecule has 0 aliphatic heterocycles. The summed E-state index contributed by atoms with van der Waals surface area (Å²) < 4.78 is 0. The molecule has 118 valence electrons. The summed E-state index contributed by atoms with van der Waals surface area (Å²) in [6.45, 7) is 20.6. The Hall–Kier alpha value is -1.60. The van der Waals surface area contributed by atoms with Gasteiger partial charge >= 0.3 is 0 Å². The van der Waals surface area contributed by atoms with Crippen molar-refractivity contribution in [1.82, 2.24) is 0 Å². The molecule has 0 aromatic heterocycles. The van der Waals surface area contributed by atoms with Crippen molar-refractivity contribution >= 4 is 0 Å². The highest BCUT2D eigenvalue weighted by Gasteiger charge is 2.07. The molecule has 2 atom stereocenters. The quantitative estimate of drug-likeness (QED) is 0.421. The van der Waals surface area contributed by atoms with Gasteiger partial charge in [-0.3, -0.25) is 0 Å². The molecule has 1 heteroatoms. The monoisotopic (exact) mass is 288 g/mol. The highest BCUT2D eigenvalue weighted by molar-refractivity contribution is 5.11. The second-order valence-corrected chi connectivity index (χ2v) is 5.22. The van der Waals surface area contributed by atoms with Crippen molar-refractivity contribution in [2.45, 2.75) is 46.1 Å². The summed E-state index contributed by atoms with van der Waals surface area (Å²) in [5.74, 6) is 0.159. The Morgan fingerprint density at radius 1 is 1.19 bits per heavy atom. The minimum absolute atomic E-state index is 0.159. The molecule has 21 heavy (non-hydrogen) atoms.